The summed E-state index contributed by atoms with van der Waals surface area (Å²) in [4.78, 5) is 31.2. The van der Waals surface area contributed by atoms with Crippen LogP contribution in [0.4, 0.5) is 5.69 Å². The number of hydrogen-bond acceptors (Lipinski definition) is 4. The lowest BCUT2D eigenvalue weighted by molar-refractivity contribution is 0.0926. The number of carbonyl (C=O) groups excluding carboxylic acids is 2. The van der Waals surface area contributed by atoms with Gasteiger partial charge in [0.05, 0.1) is 22.5 Å². The fourth-order valence-corrected chi connectivity index (χ4v) is 4.16. The van der Waals surface area contributed by atoms with Gasteiger partial charge >= 0.3 is 0 Å². The zero-order valence-corrected chi connectivity index (χ0v) is 15.5. The predicted octanol–water partition coefficient (Wildman–Crippen LogP) is 5.28. The number of fused-ring (bicyclic) bond motifs is 1. The Balaban J connectivity index is 1.44. The fourth-order valence-electron chi connectivity index (χ4n) is 3.32. The van der Waals surface area contributed by atoms with Gasteiger partial charge in [-0.05, 0) is 24.3 Å². The maximum Gasteiger partial charge on any atom is 0.266 e. The first-order valence-corrected chi connectivity index (χ1v) is 9.69. The van der Waals surface area contributed by atoms with E-state index in [1.54, 1.807) is 47.7 Å². The summed E-state index contributed by atoms with van der Waals surface area (Å²) in [5.41, 5.74) is 4.36. The Morgan fingerprint density at radius 2 is 1.29 bits per heavy atom. The predicted molar refractivity (Wildman–Crippen MR) is 111 cm³/mol. The van der Waals surface area contributed by atoms with Gasteiger partial charge in [0.1, 0.15) is 5.01 Å². The fraction of sp³-hybridized carbons (Fsp3) is 0. The van der Waals surface area contributed by atoms with Crippen molar-refractivity contribution in [2.75, 3.05) is 4.90 Å². The van der Waals surface area contributed by atoms with E-state index in [0.717, 1.165) is 21.8 Å². The van der Waals surface area contributed by atoms with Crippen LogP contribution in [0.25, 0.3) is 21.8 Å². The minimum absolute atomic E-state index is 0.284. The van der Waals surface area contributed by atoms with Crippen LogP contribution < -0.4 is 4.90 Å². The van der Waals surface area contributed by atoms with Crippen molar-refractivity contribution in [2.45, 2.75) is 0 Å². The van der Waals surface area contributed by atoms with Crippen LogP contribution >= 0.6 is 11.3 Å². The molecule has 0 N–H and O–H groups in total. The highest BCUT2D eigenvalue weighted by molar-refractivity contribution is 7.13. The van der Waals surface area contributed by atoms with Crippen LogP contribution in [0.5, 0.6) is 0 Å². The molecule has 1 aliphatic heterocycles. The van der Waals surface area contributed by atoms with Gasteiger partial charge in [-0.2, -0.15) is 0 Å². The number of benzene rings is 3. The summed E-state index contributed by atoms with van der Waals surface area (Å²) in [6.07, 6.45) is 0. The largest absolute Gasteiger partial charge is 0.268 e. The molecule has 0 saturated heterocycles. The Hall–Kier alpha value is -3.57. The zero-order chi connectivity index (χ0) is 19.1. The van der Waals surface area contributed by atoms with Gasteiger partial charge in [-0.25, -0.2) is 9.88 Å². The van der Waals surface area contributed by atoms with Gasteiger partial charge in [0.25, 0.3) is 11.8 Å². The molecule has 4 aromatic rings. The minimum atomic E-state index is -0.284. The van der Waals surface area contributed by atoms with Gasteiger partial charge in [-0.15, -0.1) is 11.3 Å². The average molecular weight is 382 g/mol. The van der Waals surface area contributed by atoms with Crippen molar-refractivity contribution in [2.24, 2.45) is 0 Å². The van der Waals surface area contributed by atoms with Crippen molar-refractivity contribution in [1.29, 1.82) is 0 Å². The lowest BCUT2D eigenvalue weighted by Crippen LogP contribution is -2.29. The number of anilines is 1. The van der Waals surface area contributed by atoms with Crippen LogP contribution in [0.2, 0.25) is 0 Å². The molecular weight excluding hydrogens is 368 g/mol. The van der Waals surface area contributed by atoms with E-state index in [-0.39, 0.29) is 11.8 Å². The summed E-state index contributed by atoms with van der Waals surface area (Å²) in [5.74, 6) is -0.568. The van der Waals surface area contributed by atoms with E-state index in [0.29, 0.717) is 16.8 Å². The van der Waals surface area contributed by atoms with E-state index in [2.05, 4.69) is 0 Å². The molecule has 0 aliphatic carbocycles. The normalized spacial score (nSPS) is 13.1. The van der Waals surface area contributed by atoms with Crippen molar-refractivity contribution in [3.63, 3.8) is 0 Å². The standard InChI is InChI=1S/C23H14N2O2S/c26-22-18-8-4-5-9-19(18)23(27)25(22)17-12-10-15(11-13-17)20-14-28-21(24-20)16-6-2-1-3-7-16/h1-14H. The molecule has 5 rings (SSSR count). The maximum atomic E-state index is 12.6. The van der Waals surface area contributed by atoms with E-state index >= 15 is 0 Å². The maximum absolute atomic E-state index is 12.6. The molecule has 4 nitrogen and oxygen atoms in total. The Bertz CT molecular complexity index is 1160. The molecule has 0 atom stereocenters. The summed E-state index contributed by atoms with van der Waals surface area (Å²) in [6.45, 7) is 0. The van der Waals surface area contributed by atoms with Crippen LogP contribution in [0.15, 0.2) is 84.2 Å². The Morgan fingerprint density at radius 1 is 0.679 bits per heavy atom. The number of amides is 2. The first kappa shape index (κ1) is 16.6. The molecule has 0 fully saturated rings. The van der Waals surface area contributed by atoms with Gasteiger partial charge in [0.2, 0.25) is 0 Å². The molecule has 3 aromatic carbocycles. The molecule has 0 radical (unpaired) electrons. The number of imide groups is 1. The summed E-state index contributed by atoms with van der Waals surface area (Å²) in [7, 11) is 0. The van der Waals surface area contributed by atoms with Gasteiger partial charge in [-0.3, -0.25) is 9.59 Å². The number of aromatic nitrogens is 1. The van der Waals surface area contributed by atoms with E-state index in [1.165, 1.54) is 4.90 Å². The molecule has 0 unspecified atom stereocenters. The Morgan fingerprint density at radius 3 is 1.93 bits per heavy atom. The molecule has 0 saturated carbocycles. The molecular formula is C23H14N2O2S. The third-order valence-electron chi connectivity index (χ3n) is 4.74. The van der Waals surface area contributed by atoms with Crippen LogP contribution in [0.3, 0.4) is 0 Å². The number of carbonyl (C=O) groups is 2. The van der Waals surface area contributed by atoms with Crippen molar-refractivity contribution in [3.8, 4) is 21.8 Å². The first-order valence-electron chi connectivity index (χ1n) is 8.81. The number of rotatable bonds is 3. The lowest BCUT2D eigenvalue weighted by atomic mass is 10.1. The van der Waals surface area contributed by atoms with Crippen LogP contribution in [0.1, 0.15) is 20.7 Å². The van der Waals surface area contributed by atoms with Crippen LogP contribution in [-0.4, -0.2) is 16.8 Å². The molecule has 134 valence electrons. The molecule has 1 aromatic heterocycles. The van der Waals surface area contributed by atoms with E-state index < -0.39 is 0 Å². The van der Waals surface area contributed by atoms with Gasteiger partial charge in [0, 0.05) is 16.5 Å². The highest BCUT2D eigenvalue weighted by Gasteiger charge is 2.36. The third kappa shape index (κ3) is 2.64. The van der Waals surface area contributed by atoms with E-state index in [1.807, 2.05) is 47.8 Å². The summed E-state index contributed by atoms with van der Waals surface area (Å²) in [6, 6.07) is 24.3. The second kappa shape index (κ2) is 6.55. The number of thiazole rings is 1. The number of nitrogens with zero attached hydrogens (tertiary/aromatic N) is 2. The molecule has 2 amide bonds. The summed E-state index contributed by atoms with van der Waals surface area (Å²) >= 11 is 1.59. The van der Waals surface area contributed by atoms with Crippen LogP contribution in [0, 0.1) is 0 Å². The van der Waals surface area contributed by atoms with Gasteiger partial charge in [-0.1, -0.05) is 54.6 Å². The molecule has 2 heterocycles. The summed E-state index contributed by atoms with van der Waals surface area (Å²) < 4.78 is 0. The Labute approximate surface area is 165 Å². The van der Waals surface area contributed by atoms with Crippen molar-refractivity contribution < 1.29 is 9.59 Å². The monoisotopic (exact) mass is 382 g/mol. The molecule has 28 heavy (non-hydrogen) atoms. The van der Waals surface area contributed by atoms with Crippen LogP contribution in [-0.2, 0) is 0 Å². The second-order valence-electron chi connectivity index (χ2n) is 6.44. The smallest absolute Gasteiger partial charge is 0.266 e. The van der Waals surface area contributed by atoms with Crippen molar-refractivity contribution in [3.05, 3.63) is 95.4 Å². The molecule has 0 spiro atoms. The van der Waals surface area contributed by atoms with Crippen molar-refractivity contribution in [1.82, 2.24) is 4.98 Å². The van der Waals surface area contributed by atoms with E-state index in [9.17, 15) is 9.59 Å². The SMILES string of the molecule is O=C1c2ccccc2C(=O)N1c1ccc(-c2csc(-c3ccccc3)n2)cc1. The molecule has 1 aliphatic rings. The van der Waals surface area contributed by atoms with E-state index in [4.69, 9.17) is 4.98 Å². The molecule has 5 heteroatoms. The zero-order valence-electron chi connectivity index (χ0n) is 14.7. The Kier molecular flexibility index (Phi) is 3.88. The third-order valence-corrected chi connectivity index (χ3v) is 5.63. The lowest BCUT2D eigenvalue weighted by Gasteiger charge is -2.14. The minimum Gasteiger partial charge on any atom is -0.268 e. The first-order chi connectivity index (χ1) is 13.7. The second-order valence-corrected chi connectivity index (χ2v) is 7.30. The average Bonchev–Trinajstić information content (AvgIpc) is 3.33. The quantitative estimate of drug-likeness (QED) is 0.453. The van der Waals surface area contributed by atoms with Crippen molar-refractivity contribution >= 4 is 28.8 Å². The van der Waals surface area contributed by atoms with Gasteiger partial charge in [0.15, 0.2) is 0 Å². The topological polar surface area (TPSA) is 50.3 Å². The van der Waals surface area contributed by atoms with Gasteiger partial charge < -0.3 is 0 Å². The highest BCUT2D eigenvalue weighted by Crippen LogP contribution is 2.32. The molecule has 0 bridgehead atoms. The number of hydrogen-bond donors (Lipinski definition) is 0. The highest BCUT2D eigenvalue weighted by atomic mass is 32.1. The summed E-state index contributed by atoms with van der Waals surface area (Å²) in [5, 5.41) is 2.97.